The first kappa shape index (κ1) is 18.8. The SMILES string of the molecule is Cc1ccc2oc(-c3ccc(Cl)cc3)cc(=Nc3nc(-c4ccccc4)cs3)c2c1. The van der Waals surface area contributed by atoms with Gasteiger partial charge in [-0.2, -0.15) is 0 Å². The van der Waals surface area contributed by atoms with Gasteiger partial charge in [-0.3, -0.25) is 0 Å². The minimum absolute atomic E-state index is 0.691. The average Bonchev–Trinajstić information content (AvgIpc) is 3.24. The number of thiazole rings is 1. The van der Waals surface area contributed by atoms with Crippen LogP contribution in [-0.2, 0) is 0 Å². The molecular weight excluding hydrogens is 412 g/mol. The summed E-state index contributed by atoms with van der Waals surface area (Å²) in [6.07, 6.45) is 0. The van der Waals surface area contributed by atoms with E-state index in [1.54, 1.807) is 0 Å². The predicted molar refractivity (Wildman–Crippen MR) is 124 cm³/mol. The van der Waals surface area contributed by atoms with Crippen molar-refractivity contribution in [2.24, 2.45) is 4.99 Å². The van der Waals surface area contributed by atoms with Crippen molar-refractivity contribution in [1.82, 2.24) is 4.98 Å². The zero-order chi connectivity index (χ0) is 20.5. The van der Waals surface area contributed by atoms with E-state index in [0.717, 1.165) is 44.5 Å². The fourth-order valence-electron chi connectivity index (χ4n) is 3.29. The van der Waals surface area contributed by atoms with Crippen LogP contribution in [0.5, 0.6) is 0 Å². The van der Waals surface area contributed by atoms with Crippen molar-refractivity contribution in [2.45, 2.75) is 6.92 Å². The Morgan fingerprint density at radius 2 is 1.70 bits per heavy atom. The fraction of sp³-hybridized carbons (Fsp3) is 0.0400. The lowest BCUT2D eigenvalue weighted by Crippen LogP contribution is -2.03. The van der Waals surface area contributed by atoms with Crippen LogP contribution in [-0.4, -0.2) is 4.98 Å². The molecular formula is C25H17ClN2OS. The van der Waals surface area contributed by atoms with Gasteiger partial charge in [-0.25, -0.2) is 9.98 Å². The molecule has 0 radical (unpaired) electrons. The predicted octanol–water partition coefficient (Wildman–Crippen LogP) is 7.42. The van der Waals surface area contributed by atoms with Gasteiger partial charge in [0.15, 0.2) is 0 Å². The molecule has 0 fully saturated rings. The Labute approximate surface area is 183 Å². The van der Waals surface area contributed by atoms with Crippen LogP contribution in [0.4, 0.5) is 5.13 Å². The first-order valence-electron chi connectivity index (χ1n) is 9.52. The second-order valence-electron chi connectivity index (χ2n) is 7.00. The van der Waals surface area contributed by atoms with E-state index in [0.29, 0.717) is 10.2 Å². The van der Waals surface area contributed by atoms with E-state index in [1.165, 1.54) is 11.3 Å². The van der Waals surface area contributed by atoms with Crippen molar-refractivity contribution >= 4 is 39.0 Å². The molecule has 0 bridgehead atoms. The zero-order valence-corrected chi connectivity index (χ0v) is 17.7. The van der Waals surface area contributed by atoms with Gasteiger partial charge in [0.2, 0.25) is 5.13 Å². The highest BCUT2D eigenvalue weighted by molar-refractivity contribution is 7.13. The molecule has 5 rings (SSSR count). The van der Waals surface area contributed by atoms with Crippen LogP contribution < -0.4 is 5.36 Å². The maximum absolute atomic E-state index is 6.18. The Bertz CT molecular complexity index is 1400. The Hall–Kier alpha value is -3.21. The molecule has 0 unspecified atom stereocenters. The van der Waals surface area contributed by atoms with Crippen molar-refractivity contribution in [3.05, 3.63) is 100 Å². The molecule has 0 aliphatic rings. The monoisotopic (exact) mass is 428 g/mol. The maximum Gasteiger partial charge on any atom is 0.210 e. The van der Waals surface area contributed by atoms with Gasteiger partial charge in [-0.05, 0) is 43.3 Å². The molecule has 5 aromatic rings. The first-order valence-corrected chi connectivity index (χ1v) is 10.8. The van der Waals surface area contributed by atoms with E-state index in [4.69, 9.17) is 26.0 Å². The molecule has 0 N–H and O–H groups in total. The third-order valence-electron chi connectivity index (χ3n) is 4.81. The summed E-state index contributed by atoms with van der Waals surface area (Å²) in [6.45, 7) is 2.06. The second kappa shape index (κ2) is 7.90. The maximum atomic E-state index is 6.18. The van der Waals surface area contributed by atoms with Crippen molar-refractivity contribution in [1.29, 1.82) is 0 Å². The Balaban J connectivity index is 1.68. The summed E-state index contributed by atoms with van der Waals surface area (Å²) in [5.41, 5.74) is 4.89. The zero-order valence-electron chi connectivity index (χ0n) is 16.2. The normalized spacial score (nSPS) is 11.9. The molecule has 0 saturated heterocycles. The topological polar surface area (TPSA) is 38.4 Å². The van der Waals surface area contributed by atoms with Crippen LogP contribution in [0.15, 0.2) is 93.7 Å². The lowest BCUT2D eigenvalue weighted by molar-refractivity contribution is 0.618. The highest BCUT2D eigenvalue weighted by Crippen LogP contribution is 2.28. The number of halogens is 1. The van der Waals surface area contributed by atoms with Gasteiger partial charge in [0, 0.05) is 33.0 Å². The number of aryl methyl sites for hydroxylation is 1. The van der Waals surface area contributed by atoms with E-state index < -0.39 is 0 Å². The minimum Gasteiger partial charge on any atom is -0.456 e. The van der Waals surface area contributed by atoms with Crippen molar-refractivity contribution in [2.75, 3.05) is 0 Å². The Morgan fingerprint density at radius 3 is 2.50 bits per heavy atom. The van der Waals surface area contributed by atoms with Crippen LogP contribution >= 0.6 is 22.9 Å². The fourth-order valence-corrected chi connectivity index (χ4v) is 4.13. The molecule has 146 valence electrons. The summed E-state index contributed by atoms with van der Waals surface area (Å²) in [7, 11) is 0. The van der Waals surface area contributed by atoms with Gasteiger partial charge in [0.05, 0.1) is 11.1 Å². The second-order valence-corrected chi connectivity index (χ2v) is 8.27. The summed E-state index contributed by atoms with van der Waals surface area (Å²) in [5.74, 6) is 0.738. The van der Waals surface area contributed by atoms with Crippen molar-refractivity contribution in [3.8, 4) is 22.6 Å². The lowest BCUT2D eigenvalue weighted by Gasteiger charge is -2.06. The van der Waals surface area contributed by atoms with Gasteiger partial charge in [0.1, 0.15) is 11.3 Å². The summed E-state index contributed by atoms with van der Waals surface area (Å²) >= 11 is 7.58. The Kier molecular flexibility index (Phi) is 4.95. The van der Waals surface area contributed by atoms with Gasteiger partial charge in [-0.15, -0.1) is 11.3 Å². The first-order chi connectivity index (χ1) is 14.7. The van der Waals surface area contributed by atoms with Crippen LogP contribution in [0.2, 0.25) is 5.02 Å². The number of benzene rings is 3. The minimum atomic E-state index is 0.691. The third kappa shape index (κ3) is 3.80. The number of rotatable bonds is 3. The summed E-state index contributed by atoms with van der Waals surface area (Å²) < 4.78 is 6.18. The quantitative estimate of drug-likeness (QED) is 0.300. The molecule has 0 aliphatic heterocycles. The van der Waals surface area contributed by atoms with Crippen LogP contribution in [0.1, 0.15) is 5.56 Å². The highest BCUT2D eigenvalue weighted by atomic mass is 35.5. The van der Waals surface area contributed by atoms with E-state index >= 15 is 0 Å². The summed E-state index contributed by atoms with van der Waals surface area (Å²) in [6, 6.07) is 25.8. The number of nitrogens with zero attached hydrogens (tertiary/aromatic N) is 2. The smallest absolute Gasteiger partial charge is 0.210 e. The van der Waals surface area contributed by atoms with E-state index in [-0.39, 0.29) is 0 Å². The van der Waals surface area contributed by atoms with E-state index in [2.05, 4.69) is 25.1 Å². The Morgan fingerprint density at radius 1 is 0.900 bits per heavy atom. The molecule has 3 nitrogen and oxygen atoms in total. The molecule has 0 aliphatic carbocycles. The number of hydrogen-bond donors (Lipinski definition) is 0. The molecule has 0 spiro atoms. The molecule has 2 heterocycles. The average molecular weight is 429 g/mol. The molecule has 0 saturated carbocycles. The molecule has 3 aromatic carbocycles. The molecule has 2 aromatic heterocycles. The van der Waals surface area contributed by atoms with E-state index in [9.17, 15) is 0 Å². The van der Waals surface area contributed by atoms with Gasteiger partial charge in [-0.1, -0.05) is 53.6 Å². The molecule has 0 atom stereocenters. The molecule has 30 heavy (non-hydrogen) atoms. The van der Waals surface area contributed by atoms with Crippen LogP contribution in [0.25, 0.3) is 33.6 Å². The summed E-state index contributed by atoms with van der Waals surface area (Å²) in [5, 5.41) is 5.24. The van der Waals surface area contributed by atoms with Crippen molar-refractivity contribution in [3.63, 3.8) is 0 Å². The van der Waals surface area contributed by atoms with Gasteiger partial charge >= 0.3 is 0 Å². The van der Waals surface area contributed by atoms with Gasteiger partial charge in [0.25, 0.3) is 0 Å². The third-order valence-corrected chi connectivity index (χ3v) is 5.79. The summed E-state index contributed by atoms with van der Waals surface area (Å²) in [4.78, 5) is 9.60. The number of fused-ring (bicyclic) bond motifs is 1. The number of aromatic nitrogens is 1. The van der Waals surface area contributed by atoms with E-state index in [1.807, 2.05) is 66.0 Å². The largest absolute Gasteiger partial charge is 0.456 e. The van der Waals surface area contributed by atoms with Crippen molar-refractivity contribution < 1.29 is 4.42 Å². The molecule has 5 heteroatoms. The van der Waals surface area contributed by atoms with Gasteiger partial charge < -0.3 is 4.42 Å². The standard InChI is InChI=1S/C25H17ClN2OS/c1-16-7-12-23-20(13-16)21(14-24(29-23)18-8-10-19(26)11-9-18)27-25-28-22(15-30-25)17-5-3-2-4-6-17/h2-15H,1H3. The van der Waals surface area contributed by atoms with Crippen LogP contribution in [0.3, 0.4) is 0 Å². The molecule has 0 amide bonds. The highest BCUT2D eigenvalue weighted by Gasteiger charge is 2.08. The number of hydrogen-bond acceptors (Lipinski definition) is 4. The van der Waals surface area contributed by atoms with Crippen LogP contribution in [0, 0.1) is 6.92 Å². The lowest BCUT2D eigenvalue weighted by atomic mass is 10.1.